The topological polar surface area (TPSA) is 59.3 Å². The molecule has 0 aliphatic carbocycles. The number of carbonyl (C=O) groups is 1. The van der Waals surface area contributed by atoms with Crippen molar-refractivity contribution >= 4 is 39.9 Å². The van der Waals surface area contributed by atoms with Crippen LogP contribution in [0, 0.1) is 0 Å². The van der Waals surface area contributed by atoms with Gasteiger partial charge in [0.25, 0.3) is 5.91 Å². The molecule has 0 fully saturated rings. The summed E-state index contributed by atoms with van der Waals surface area (Å²) < 4.78 is 17.9. The summed E-state index contributed by atoms with van der Waals surface area (Å²) in [6.07, 6.45) is 0. The highest BCUT2D eigenvalue weighted by Gasteiger charge is 2.15. The molecular formula is C19H15Cl2NO3S. The molecule has 0 aliphatic rings. The number of benzene rings is 2. The molecule has 0 radical (unpaired) electrons. The summed E-state index contributed by atoms with van der Waals surface area (Å²) in [5, 5.41) is 3.85. The van der Waals surface area contributed by atoms with E-state index in [-0.39, 0.29) is 17.4 Å². The Hall–Kier alpha value is -2.08. The molecule has 134 valence electrons. The molecule has 0 aliphatic heterocycles. The quantitative estimate of drug-likeness (QED) is 0.636. The number of furan rings is 1. The van der Waals surface area contributed by atoms with Crippen molar-refractivity contribution in [2.75, 3.05) is 0 Å². The van der Waals surface area contributed by atoms with Crippen LogP contribution in [-0.4, -0.2) is 10.1 Å². The second-order valence-corrected chi connectivity index (χ2v) is 7.76. The summed E-state index contributed by atoms with van der Waals surface area (Å²) >= 11 is 11.9. The maximum atomic E-state index is 12.4. The molecule has 0 spiro atoms. The molecule has 3 aromatic rings. The molecule has 1 atom stereocenters. The van der Waals surface area contributed by atoms with Crippen LogP contribution >= 0.6 is 23.2 Å². The van der Waals surface area contributed by atoms with E-state index in [0.717, 1.165) is 5.56 Å². The molecule has 7 heteroatoms. The third-order valence-electron chi connectivity index (χ3n) is 3.61. The summed E-state index contributed by atoms with van der Waals surface area (Å²) in [6, 6.07) is 17.4. The Kier molecular flexibility index (Phi) is 6.14. The van der Waals surface area contributed by atoms with Crippen LogP contribution in [0.2, 0.25) is 10.0 Å². The van der Waals surface area contributed by atoms with Gasteiger partial charge in [0.15, 0.2) is 5.76 Å². The highest BCUT2D eigenvalue weighted by atomic mass is 35.5. The van der Waals surface area contributed by atoms with Crippen molar-refractivity contribution in [2.24, 2.45) is 0 Å². The zero-order chi connectivity index (χ0) is 18.5. The third-order valence-corrected chi connectivity index (χ3v) is 5.69. The van der Waals surface area contributed by atoms with Crippen molar-refractivity contribution in [1.82, 2.24) is 5.32 Å². The number of nitrogens with one attached hydrogen (secondary N) is 1. The van der Waals surface area contributed by atoms with Crippen molar-refractivity contribution < 1.29 is 13.4 Å². The lowest BCUT2D eigenvalue weighted by molar-refractivity contribution is 0.0921. The standard InChI is InChI=1S/C19H15Cl2NO3S/c20-14-7-5-13(6-8-14)11-22-19(23)17-10-9-15(25-17)12-26(24)18-4-2-1-3-16(18)21/h1-10H,11-12H2,(H,22,23)/t26-/m0/s1. The van der Waals surface area contributed by atoms with Crippen LogP contribution in [0.15, 0.2) is 70.0 Å². The molecule has 0 bridgehead atoms. The fraction of sp³-hybridized carbons (Fsp3) is 0.105. The normalized spacial score (nSPS) is 11.9. The number of amides is 1. The Morgan fingerprint density at radius 3 is 2.46 bits per heavy atom. The zero-order valence-corrected chi connectivity index (χ0v) is 15.9. The second kappa shape index (κ2) is 8.54. The zero-order valence-electron chi connectivity index (χ0n) is 13.6. The smallest absolute Gasteiger partial charge is 0.287 e. The maximum Gasteiger partial charge on any atom is 0.287 e. The molecule has 0 unspecified atom stereocenters. The van der Waals surface area contributed by atoms with Crippen LogP contribution in [0.25, 0.3) is 0 Å². The first kappa shape index (κ1) is 18.7. The van der Waals surface area contributed by atoms with Gasteiger partial charge in [-0.3, -0.25) is 9.00 Å². The highest BCUT2D eigenvalue weighted by Crippen LogP contribution is 2.22. The van der Waals surface area contributed by atoms with E-state index in [1.54, 1.807) is 48.5 Å². The fourth-order valence-electron chi connectivity index (χ4n) is 2.29. The summed E-state index contributed by atoms with van der Waals surface area (Å²) in [6.45, 7) is 0.359. The van der Waals surface area contributed by atoms with Gasteiger partial charge in [-0.1, -0.05) is 47.5 Å². The van der Waals surface area contributed by atoms with E-state index < -0.39 is 10.8 Å². The van der Waals surface area contributed by atoms with Gasteiger partial charge in [0.05, 0.1) is 26.5 Å². The molecule has 1 N–H and O–H groups in total. The average molecular weight is 408 g/mol. The third kappa shape index (κ3) is 4.75. The minimum absolute atomic E-state index is 0.147. The Morgan fingerprint density at radius 2 is 1.73 bits per heavy atom. The van der Waals surface area contributed by atoms with Crippen molar-refractivity contribution in [1.29, 1.82) is 0 Å². The second-order valence-electron chi connectivity index (χ2n) is 5.50. The van der Waals surface area contributed by atoms with Crippen molar-refractivity contribution in [3.05, 3.63) is 87.8 Å². The van der Waals surface area contributed by atoms with Gasteiger partial charge in [0, 0.05) is 11.6 Å². The van der Waals surface area contributed by atoms with Crippen LogP contribution < -0.4 is 5.32 Å². The predicted molar refractivity (Wildman–Crippen MR) is 103 cm³/mol. The maximum absolute atomic E-state index is 12.4. The number of rotatable bonds is 6. The van der Waals surface area contributed by atoms with E-state index >= 15 is 0 Å². The minimum atomic E-state index is -1.35. The van der Waals surface area contributed by atoms with Gasteiger partial charge in [-0.05, 0) is 42.0 Å². The van der Waals surface area contributed by atoms with Crippen molar-refractivity contribution in [3.63, 3.8) is 0 Å². The number of hydrogen-bond acceptors (Lipinski definition) is 3. The van der Waals surface area contributed by atoms with Crippen LogP contribution in [0.4, 0.5) is 0 Å². The van der Waals surface area contributed by atoms with Gasteiger partial charge in [0.1, 0.15) is 5.76 Å². The fourth-order valence-corrected chi connectivity index (χ4v) is 3.89. The lowest BCUT2D eigenvalue weighted by Crippen LogP contribution is -2.22. The van der Waals surface area contributed by atoms with E-state index in [0.29, 0.717) is 27.2 Å². The summed E-state index contributed by atoms with van der Waals surface area (Å²) in [7, 11) is -1.35. The van der Waals surface area contributed by atoms with E-state index in [2.05, 4.69) is 5.32 Å². The molecule has 1 amide bonds. The van der Waals surface area contributed by atoms with E-state index in [1.807, 2.05) is 12.1 Å². The first-order valence-electron chi connectivity index (χ1n) is 7.77. The van der Waals surface area contributed by atoms with Gasteiger partial charge in [-0.2, -0.15) is 0 Å². The van der Waals surface area contributed by atoms with Crippen LogP contribution in [-0.2, 0) is 23.1 Å². The Bertz CT molecular complexity index is 938. The van der Waals surface area contributed by atoms with Crippen LogP contribution in [0.5, 0.6) is 0 Å². The van der Waals surface area contributed by atoms with Gasteiger partial charge in [-0.15, -0.1) is 0 Å². The molecule has 0 saturated carbocycles. The van der Waals surface area contributed by atoms with Gasteiger partial charge >= 0.3 is 0 Å². The molecule has 1 aromatic heterocycles. The predicted octanol–water partition coefficient (Wildman–Crippen LogP) is 4.82. The average Bonchev–Trinajstić information content (AvgIpc) is 3.10. The monoisotopic (exact) mass is 407 g/mol. The van der Waals surface area contributed by atoms with Crippen LogP contribution in [0.3, 0.4) is 0 Å². The SMILES string of the molecule is O=C(NCc1ccc(Cl)cc1)c1ccc(C[S@](=O)c2ccccc2Cl)o1. The lowest BCUT2D eigenvalue weighted by Gasteiger charge is -2.04. The van der Waals surface area contributed by atoms with Crippen molar-refractivity contribution in [3.8, 4) is 0 Å². The number of halogens is 2. The van der Waals surface area contributed by atoms with Gasteiger partial charge in [-0.25, -0.2) is 0 Å². The summed E-state index contributed by atoms with van der Waals surface area (Å²) in [4.78, 5) is 12.7. The highest BCUT2D eigenvalue weighted by molar-refractivity contribution is 7.84. The van der Waals surface area contributed by atoms with Crippen LogP contribution in [0.1, 0.15) is 21.9 Å². The number of carbonyl (C=O) groups excluding carboxylic acids is 1. The molecule has 1 heterocycles. The molecule has 3 rings (SSSR count). The van der Waals surface area contributed by atoms with Gasteiger partial charge in [0.2, 0.25) is 0 Å². The van der Waals surface area contributed by atoms with Crippen molar-refractivity contribution in [2.45, 2.75) is 17.2 Å². The first-order chi connectivity index (χ1) is 12.5. The minimum Gasteiger partial charge on any atom is -0.455 e. The Labute approximate surface area is 163 Å². The largest absolute Gasteiger partial charge is 0.455 e. The molecular weight excluding hydrogens is 393 g/mol. The molecule has 0 saturated heterocycles. The number of hydrogen-bond donors (Lipinski definition) is 1. The van der Waals surface area contributed by atoms with E-state index in [1.165, 1.54) is 0 Å². The Morgan fingerprint density at radius 1 is 1.00 bits per heavy atom. The first-order valence-corrected chi connectivity index (χ1v) is 9.84. The van der Waals surface area contributed by atoms with E-state index in [9.17, 15) is 9.00 Å². The lowest BCUT2D eigenvalue weighted by atomic mass is 10.2. The molecule has 4 nitrogen and oxygen atoms in total. The van der Waals surface area contributed by atoms with Gasteiger partial charge < -0.3 is 9.73 Å². The molecule has 2 aromatic carbocycles. The summed E-state index contributed by atoms with van der Waals surface area (Å²) in [5.41, 5.74) is 0.925. The Balaban J connectivity index is 1.60. The summed E-state index contributed by atoms with van der Waals surface area (Å²) in [5.74, 6) is 0.438. The van der Waals surface area contributed by atoms with E-state index in [4.69, 9.17) is 27.6 Å². The molecule has 26 heavy (non-hydrogen) atoms.